The number of hydrogen-bond acceptors (Lipinski definition) is 6. The van der Waals surface area contributed by atoms with Gasteiger partial charge in [0.05, 0.1) is 24.9 Å². The monoisotopic (exact) mass is 452 g/mol. The number of ether oxygens (including phenoxy) is 1. The molecule has 8 nitrogen and oxygen atoms in total. The zero-order chi connectivity index (χ0) is 24.0. The SMILES string of the molecule is CN=CC(=CN)c1ccc(N=C(N)C2=C(NC3CCOC3)CCN(C(C)=O)C2)c(C(C)C)c1. The summed E-state index contributed by atoms with van der Waals surface area (Å²) in [4.78, 5) is 22.8. The van der Waals surface area contributed by atoms with E-state index in [-0.39, 0.29) is 17.9 Å². The van der Waals surface area contributed by atoms with Crippen LogP contribution >= 0.6 is 0 Å². The smallest absolute Gasteiger partial charge is 0.219 e. The van der Waals surface area contributed by atoms with Crippen molar-refractivity contribution < 1.29 is 9.53 Å². The molecule has 1 aromatic carbocycles. The highest BCUT2D eigenvalue weighted by molar-refractivity contribution is 6.09. The quantitative estimate of drug-likeness (QED) is 0.434. The van der Waals surface area contributed by atoms with Gasteiger partial charge in [-0.3, -0.25) is 9.79 Å². The first-order valence-corrected chi connectivity index (χ1v) is 11.5. The summed E-state index contributed by atoms with van der Waals surface area (Å²) in [6.45, 7) is 8.39. The van der Waals surface area contributed by atoms with Crippen molar-refractivity contribution in [2.45, 2.75) is 45.6 Å². The van der Waals surface area contributed by atoms with Crippen molar-refractivity contribution in [1.29, 1.82) is 0 Å². The van der Waals surface area contributed by atoms with Gasteiger partial charge < -0.3 is 26.4 Å². The Morgan fingerprint density at radius 2 is 2.15 bits per heavy atom. The van der Waals surface area contributed by atoms with Gasteiger partial charge in [-0.25, -0.2) is 4.99 Å². The Balaban J connectivity index is 1.99. The lowest BCUT2D eigenvalue weighted by atomic mass is 9.96. The Labute approximate surface area is 196 Å². The zero-order valence-corrected chi connectivity index (χ0v) is 20.1. The number of rotatable bonds is 7. The van der Waals surface area contributed by atoms with E-state index in [9.17, 15) is 4.79 Å². The van der Waals surface area contributed by atoms with E-state index in [0.29, 0.717) is 25.5 Å². The Morgan fingerprint density at radius 3 is 2.76 bits per heavy atom. The Hall–Kier alpha value is -3.13. The van der Waals surface area contributed by atoms with Gasteiger partial charge in [-0.2, -0.15) is 0 Å². The molecule has 0 bridgehead atoms. The summed E-state index contributed by atoms with van der Waals surface area (Å²) in [6, 6.07) is 6.29. The minimum Gasteiger partial charge on any atom is -0.404 e. The number of aliphatic imine (C=N–C) groups is 2. The molecule has 2 aliphatic heterocycles. The fourth-order valence-electron chi connectivity index (χ4n) is 4.17. The van der Waals surface area contributed by atoms with E-state index in [2.05, 4.69) is 30.2 Å². The predicted octanol–water partition coefficient (Wildman–Crippen LogP) is 2.68. The molecule has 1 unspecified atom stereocenters. The number of benzene rings is 1. The molecular weight excluding hydrogens is 416 g/mol. The molecule has 0 aromatic heterocycles. The van der Waals surface area contributed by atoms with Crippen LogP contribution in [0.15, 0.2) is 45.7 Å². The van der Waals surface area contributed by atoms with E-state index < -0.39 is 0 Å². The number of amides is 1. The van der Waals surface area contributed by atoms with Crippen LogP contribution in [0, 0.1) is 0 Å². The summed E-state index contributed by atoms with van der Waals surface area (Å²) in [5.74, 6) is 0.701. The van der Waals surface area contributed by atoms with E-state index >= 15 is 0 Å². The normalized spacial score (nSPS) is 20.3. The van der Waals surface area contributed by atoms with Crippen LogP contribution in [0.4, 0.5) is 5.69 Å². The summed E-state index contributed by atoms with van der Waals surface area (Å²) >= 11 is 0. The lowest BCUT2D eigenvalue weighted by Crippen LogP contribution is -2.43. The Morgan fingerprint density at radius 1 is 1.36 bits per heavy atom. The second-order valence-electron chi connectivity index (χ2n) is 8.79. The minimum atomic E-state index is 0.0365. The maximum absolute atomic E-state index is 12.1. The van der Waals surface area contributed by atoms with Crippen LogP contribution in [0.3, 0.4) is 0 Å². The van der Waals surface area contributed by atoms with Crippen molar-refractivity contribution in [3.63, 3.8) is 0 Å². The van der Waals surface area contributed by atoms with Gasteiger partial charge in [-0.15, -0.1) is 0 Å². The van der Waals surface area contributed by atoms with E-state index in [0.717, 1.165) is 53.1 Å². The van der Waals surface area contributed by atoms with Crippen LogP contribution in [0.5, 0.6) is 0 Å². The number of carbonyl (C=O) groups is 1. The van der Waals surface area contributed by atoms with Gasteiger partial charge in [0, 0.05) is 62.8 Å². The average Bonchev–Trinajstić information content (AvgIpc) is 3.30. The Kier molecular flexibility index (Phi) is 8.27. The topological polar surface area (TPSA) is 118 Å². The van der Waals surface area contributed by atoms with Crippen LogP contribution < -0.4 is 16.8 Å². The number of nitrogens with one attached hydrogen (secondary N) is 1. The first kappa shape index (κ1) is 24.5. The van der Waals surface area contributed by atoms with Gasteiger partial charge in [-0.05, 0) is 35.6 Å². The maximum Gasteiger partial charge on any atom is 0.219 e. The maximum atomic E-state index is 12.1. The van der Waals surface area contributed by atoms with Crippen molar-refractivity contribution in [1.82, 2.24) is 10.2 Å². The third-order valence-corrected chi connectivity index (χ3v) is 6.08. The fraction of sp³-hybridized carbons (Fsp3) is 0.480. The molecule has 3 rings (SSSR count). The third-order valence-electron chi connectivity index (χ3n) is 6.08. The number of hydrogen-bond donors (Lipinski definition) is 3. The summed E-state index contributed by atoms with van der Waals surface area (Å²) < 4.78 is 5.51. The number of nitrogens with zero attached hydrogens (tertiary/aromatic N) is 3. The van der Waals surface area contributed by atoms with Gasteiger partial charge in [0.2, 0.25) is 5.91 Å². The standard InChI is InChI=1S/C25H36N6O2/c1-16(2)21-11-18(19(12-26)13-28-4)5-6-23(21)30-25(27)22-14-31(17(3)32)9-7-24(22)29-20-8-10-33-15-20/h5-6,11-13,16,20,29H,7-10,14-15,26H2,1-4H3,(H2,27,30). The first-order chi connectivity index (χ1) is 15.8. The third kappa shape index (κ3) is 6.01. The van der Waals surface area contributed by atoms with Crippen LogP contribution in [-0.4, -0.2) is 62.3 Å². The first-order valence-electron chi connectivity index (χ1n) is 11.5. The molecular formula is C25H36N6O2. The van der Waals surface area contributed by atoms with E-state index in [1.165, 1.54) is 0 Å². The second-order valence-corrected chi connectivity index (χ2v) is 8.79. The summed E-state index contributed by atoms with van der Waals surface area (Å²) in [7, 11) is 1.72. The summed E-state index contributed by atoms with van der Waals surface area (Å²) in [5.41, 5.74) is 18.0. The van der Waals surface area contributed by atoms with E-state index in [1.54, 1.807) is 26.4 Å². The van der Waals surface area contributed by atoms with Crippen LogP contribution in [0.1, 0.15) is 50.7 Å². The number of amidine groups is 1. The van der Waals surface area contributed by atoms with E-state index in [1.807, 2.05) is 17.0 Å². The molecule has 0 aliphatic carbocycles. The fourth-order valence-corrected chi connectivity index (χ4v) is 4.17. The lowest BCUT2D eigenvalue weighted by molar-refractivity contribution is -0.128. The highest BCUT2D eigenvalue weighted by Gasteiger charge is 2.26. The van der Waals surface area contributed by atoms with Crippen molar-refractivity contribution in [3.8, 4) is 0 Å². The molecule has 1 atom stereocenters. The van der Waals surface area contributed by atoms with Crippen molar-refractivity contribution in [2.24, 2.45) is 21.5 Å². The summed E-state index contributed by atoms with van der Waals surface area (Å²) in [6.07, 6.45) is 4.97. The molecule has 0 saturated carbocycles. The average molecular weight is 453 g/mol. The highest BCUT2D eigenvalue weighted by atomic mass is 16.5. The largest absolute Gasteiger partial charge is 0.404 e. The second kappa shape index (κ2) is 11.1. The number of nitrogens with two attached hydrogens (primary N) is 2. The summed E-state index contributed by atoms with van der Waals surface area (Å²) in [5, 5.41) is 3.60. The van der Waals surface area contributed by atoms with Crippen molar-refractivity contribution in [3.05, 3.63) is 46.8 Å². The molecule has 33 heavy (non-hydrogen) atoms. The molecule has 1 amide bonds. The van der Waals surface area contributed by atoms with E-state index in [4.69, 9.17) is 21.2 Å². The van der Waals surface area contributed by atoms with Gasteiger partial charge in [0.15, 0.2) is 0 Å². The molecule has 1 aromatic rings. The zero-order valence-electron chi connectivity index (χ0n) is 20.1. The van der Waals surface area contributed by atoms with Crippen molar-refractivity contribution in [2.75, 3.05) is 33.4 Å². The van der Waals surface area contributed by atoms with Crippen LogP contribution in [-0.2, 0) is 9.53 Å². The molecule has 0 spiro atoms. The van der Waals surface area contributed by atoms with Crippen molar-refractivity contribution >= 4 is 29.2 Å². The molecule has 1 saturated heterocycles. The Bertz CT molecular complexity index is 987. The van der Waals surface area contributed by atoms with Crippen LogP contribution in [0.25, 0.3) is 5.57 Å². The van der Waals surface area contributed by atoms with Gasteiger partial charge in [0.25, 0.3) is 0 Å². The minimum absolute atomic E-state index is 0.0365. The predicted molar refractivity (Wildman–Crippen MR) is 135 cm³/mol. The molecule has 2 aliphatic rings. The highest BCUT2D eigenvalue weighted by Crippen LogP contribution is 2.31. The van der Waals surface area contributed by atoms with Gasteiger partial charge in [-0.1, -0.05) is 19.9 Å². The lowest BCUT2D eigenvalue weighted by Gasteiger charge is -2.31. The molecule has 5 N–H and O–H groups in total. The van der Waals surface area contributed by atoms with Gasteiger partial charge in [0.1, 0.15) is 5.84 Å². The molecule has 1 fully saturated rings. The molecule has 8 heteroatoms. The molecule has 2 heterocycles. The number of allylic oxidation sites excluding steroid dienone is 1. The molecule has 0 radical (unpaired) electrons. The number of carbonyl (C=O) groups excluding carboxylic acids is 1. The van der Waals surface area contributed by atoms with Crippen LogP contribution in [0.2, 0.25) is 0 Å². The van der Waals surface area contributed by atoms with Gasteiger partial charge >= 0.3 is 0 Å². The molecule has 178 valence electrons.